The van der Waals surface area contributed by atoms with Crippen LogP contribution >= 0.6 is 0 Å². The molecule has 0 bridgehead atoms. The Morgan fingerprint density at radius 1 is 1.40 bits per heavy atom. The van der Waals surface area contributed by atoms with Gasteiger partial charge >= 0.3 is 6.03 Å². The second kappa shape index (κ2) is 5.67. The van der Waals surface area contributed by atoms with Gasteiger partial charge in [-0.25, -0.2) is 4.79 Å². The number of hydrogen-bond donors (Lipinski definition) is 3. The highest BCUT2D eigenvalue weighted by Gasteiger charge is 2.19. The van der Waals surface area contributed by atoms with E-state index < -0.39 is 11.9 Å². The van der Waals surface area contributed by atoms with Gasteiger partial charge in [0.15, 0.2) is 0 Å². The Hall–Kier alpha value is -1.14. The second-order valence-corrected chi connectivity index (χ2v) is 4.45. The van der Waals surface area contributed by atoms with Gasteiger partial charge in [-0.2, -0.15) is 0 Å². The second-order valence-electron chi connectivity index (χ2n) is 4.45. The molecular formula is C9H20N4O2. The normalized spacial score (nSPS) is 11.5. The van der Waals surface area contributed by atoms with E-state index in [1.54, 1.807) is 11.9 Å². The molecule has 0 spiro atoms. The number of imide groups is 1. The first-order chi connectivity index (χ1) is 6.76. The zero-order chi connectivity index (χ0) is 12.1. The lowest BCUT2D eigenvalue weighted by Gasteiger charge is -2.28. The molecule has 6 heteroatoms. The third-order valence-electron chi connectivity index (χ3n) is 1.93. The third-order valence-corrected chi connectivity index (χ3v) is 1.93. The lowest BCUT2D eigenvalue weighted by Crippen LogP contribution is -2.44. The number of hydrogen-bond acceptors (Lipinski definition) is 4. The smallest absolute Gasteiger partial charge is 0.318 e. The van der Waals surface area contributed by atoms with Gasteiger partial charge in [0.2, 0.25) is 5.91 Å². The van der Waals surface area contributed by atoms with Crippen molar-refractivity contribution >= 4 is 11.9 Å². The zero-order valence-corrected chi connectivity index (χ0v) is 9.54. The van der Waals surface area contributed by atoms with Gasteiger partial charge in [-0.15, -0.1) is 0 Å². The van der Waals surface area contributed by atoms with Crippen LogP contribution in [-0.4, -0.2) is 43.5 Å². The molecule has 0 saturated heterocycles. The van der Waals surface area contributed by atoms with Crippen molar-refractivity contribution in [2.75, 3.05) is 26.7 Å². The van der Waals surface area contributed by atoms with Crippen molar-refractivity contribution in [3.63, 3.8) is 0 Å². The number of rotatable bonds is 5. The topological polar surface area (TPSA) is 101 Å². The molecule has 0 aliphatic rings. The maximum atomic E-state index is 11.2. The third kappa shape index (κ3) is 6.87. The van der Waals surface area contributed by atoms with E-state index >= 15 is 0 Å². The Bertz CT molecular complexity index is 240. The molecule has 0 fully saturated rings. The molecule has 0 rings (SSSR count). The molecule has 5 N–H and O–H groups in total. The molecule has 3 amide bonds. The van der Waals surface area contributed by atoms with Crippen LogP contribution in [0.4, 0.5) is 4.79 Å². The average Bonchev–Trinajstić information content (AvgIpc) is 2.00. The first-order valence-corrected chi connectivity index (χ1v) is 4.75. The van der Waals surface area contributed by atoms with E-state index in [1.807, 2.05) is 19.2 Å². The van der Waals surface area contributed by atoms with E-state index in [2.05, 4.69) is 0 Å². The highest BCUT2D eigenvalue weighted by Crippen LogP contribution is 2.13. The van der Waals surface area contributed by atoms with E-state index in [4.69, 9.17) is 11.5 Å². The van der Waals surface area contributed by atoms with Gasteiger partial charge in [-0.1, -0.05) is 13.8 Å². The van der Waals surface area contributed by atoms with Crippen LogP contribution in [0.2, 0.25) is 0 Å². The van der Waals surface area contributed by atoms with Crippen molar-refractivity contribution in [1.29, 1.82) is 0 Å². The molecule has 0 unspecified atom stereocenters. The highest BCUT2D eigenvalue weighted by atomic mass is 16.2. The molecule has 0 saturated carbocycles. The molecule has 0 aliphatic heterocycles. The standard InChI is InChI=1S/C9H20N4O2/c1-9(2,5-10)6-13(3)4-7(14)12-8(11)15/h4-6,10H2,1-3H3,(H3,11,12,14,15). The minimum absolute atomic E-state index is 0.0538. The van der Waals surface area contributed by atoms with E-state index in [9.17, 15) is 9.59 Å². The molecule has 0 radical (unpaired) electrons. The van der Waals surface area contributed by atoms with E-state index in [0.29, 0.717) is 13.1 Å². The number of carbonyl (C=O) groups is 2. The number of nitrogens with two attached hydrogens (primary N) is 2. The summed E-state index contributed by atoms with van der Waals surface area (Å²) in [7, 11) is 1.79. The Labute approximate surface area is 90.0 Å². The van der Waals surface area contributed by atoms with Gasteiger partial charge < -0.3 is 11.5 Å². The van der Waals surface area contributed by atoms with Crippen LogP contribution in [0.15, 0.2) is 0 Å². The lowest BCUT2D eigenvalue weighted by atomic mass is 9.93. The van der Waals surface area contributed by atoms with Gasteiger partial charge in [0.1, 0.15) is 0 Å². The zero-order valence-electron chi connectivity index (χ0n) is 9.54. The quantitative estimate of drug-likeness (QED) is 0.554. The Morgan fingerprint density at radius 2 is 1.93 bits per heavy atom. The number of primary amides is 1. The first-order valence-electron chi connectivity index (χ1n) is 4.75. The molecule has 0 aliphatic carbocycles. The molecule has 0 aromatic carbocycles. The minimum atomic E-state index is -0.827. The summed E-state index contributed by atoms with van der Waals surface area (Å²) >= 11 is 0. The van der Waals surface area contributed by atoms with Crippen LogP contribution in [0, 0.1) is 5.41 Å². The number of amides is 3. The van der Waals surface area contributed by atoms with Crippen LogP contribution in [0.1, 0.15) is 13.8 Å². The van der Waals surface area contributed by atoms with Gasteiger partial charge in [-0.3, -0.25) is 15.0 Å². The Kier molecular flexibility index (Phi) is 5.24. The number of carbonyl (C=O) groups excluding carboxylic acids is 2. The fourth-order valence-electron chi connectivity index (χ4n) is 1.27. The Morgan fingerprint density at radius 3 is 2.33 bits per heavy atom. The van der Waals surface area contributed by atoms with E-state index in [0.717, 1.165) is 0 Å². The van der Waals surface area contributed by atoms with Crippen molar-refractivity contribution in [3.05, 3.63) is 0 Å². The molecular weight excluding hydrogens is 196 g/mol. The van der Waals surface area contributed by atoms with Crippen LogP contribution in [0.5, 0.6) is 0 Å². The summed E-state index contributed by atoms with van der Waals surface area (Å²) in [5, 5.41) is 2.00. The van der Waals surface area contributed by atoms with Crippen LogP contribution in [-0.2, 0) is 4.79 Å². The SMILES string of the molecule is CN(CC(=O)NC(N)=O)CC(C)(C)CN. The molecule has 6 nitrogen and oxygen atoms in total. The molecule has 0 heterocycles. The predicted octanol–water partition coefficient (Wildman–Crippen LogP) is -0.902. The van der Waals surface area contributed by atoms with E-state index in [1.165, 1.54) is 0 Å². The summed E-state index contributed by atoms with van der Waals surface area (Å²) < 4.78 is 0. The largest absolute Gasteiger partial charge is 0.351 e. The Balaban J connectivity index is 3.98. The summed E-state index contributed by atoms with van der Waals surface area (Å²) in [6.45, 7) is 5.36. The van der Waals surface area contributed by atoms with Crippen LogP contribution in [0.25, 0.3) is 0 Å². The van der Waals surface area contributed by atoms with Crippen LogP contribution in [0.3, 0.4) is 0 Å². The minimum Gasteiger partial charge on any atom is -0.351 e. The van der Waals surface area contributed by atoms with Crippen molar-refractivity contribution in [1.82, 2.24) is 10.2 Å². The molecule has 0 atom stereocenters. The van der Waals surface area contributed by atoms with Crippen molar-refractivity contribution < 1.29 is 9.59 Å². The van der Waals surface area contributed by atoms with Gasteiger partial charge in [-0.05, 0) is 19.0 Å². The fraction of sp³-hybridized carbons (Fsp3) is 0.778. The number of nitrogens with zero attached hydrogens (tertiary/aromatic N) is 1. The number of likely N-dealkylation sites (N-methyl/N-ethyl adjacent to an activating group) is 1. The van der Waals surface area contributed by atoms with Crippen molar-refractivity contribution in [3.8, 4) is 0 Å². The van der Waals surface area contributed by atoms with Crippen molar-refractivity contribution in [2.24, 2.45) is 16.9 Å². The maximum absolute atomic E-state index is 11.2. The summed E-state index contributed by atoms with van der Waals surface area (Å²) in [4.78, 5) is 23.3. The van der Waals surface area contributed by atoms with E-state index in [-0.39, 0.29) is 12.0 Å². The highest BCUT2D eigenvalue weighted by molar-refractivity contribution is 5.94. The number of nitrogens with one attached hydrogen (secondary N) is 1. The maximum Gasteiger partial charge on any atom is 0.318 e. The molecule has 15 heavy (non-hydrogen) atoms. The summed E-state index contributed by atoms with van der Waals surface area (Å²) in [5.74, 6) is -0.405. The fourth-order valence-corrected chi connectivity index (χ4v) is 1.27. The summed E-state index contributed by atoms with van der Waals surface area (Å²) in [6.07, 6.45) is 0. The summed E-state index contributed by atoms with van der Waals surface area (Å²) in [6, 6.07) is -0.827. The van der Waals surface area contributed by atoms with Gasteiger partial charge in [0.25, 0.3) is 0 Å². The lowest BCUT2D eigenvalue weighted by molar-refractivity contribution is -0.121. The van der Waals surface area contributed by atoms with Gasteiger partial charge in [0, 0.05) is 6.54 Å². The molecule has 0 aromatic rings. The average molecular weight is 216 g/mol. The molecule has 88 valence electrons. The summed E-state index contributed by atoms with van der Waals surface area (Å²) in [5.41, 5.74) is 10.3. The number of urea groups is 1. The van der Waals surface area contributed by atoms with Gasteiger partial charge in [0.05, 0.1) is 6.54 Å². The van der Waals surface area contributed by atoms with Crippen LogP contribution < -0.4 is 16.8 Å². The van der Waals surface area contributed by atoms with Crippen molar-refractivity contribution in [2.45, 2.75) is 13.8 Å². The molecule has 0 aromatic heterocycles. The predicted molar refractivity (Wildman–Crippen MR) is 58.1 cm³/mol. The monoisotopic (exact) mass is 216 g/mol. The first kappa shape index (κ1) is 13.9.